The van der Waals surface area contributed by atoms with E-state index in [4.69, 9.17) is 9.47 Å². The van der Waals surface area contributed by atoms with Gasteiger partial charge < -0.3 is 14.6 Å². The Morgan fingerprint density at radius 3 is 2.06 bits per heavy atom. The number of aliphatic carboxylic acids is 1. The minimum absolute atomic E-state index is 0.0392. The molecule has 1 atom stereocenters. The minimum Gasteiger partial charge on any atom is -0.489 e. The summed E-state index contributed by atoms with van der Waals surface area (Å²) < 4.78 is 11.9. The largest absolute Gasteiger partial charge is 0.489 e. The smallest absolute Gasteiger partial charge is 0.304 e. The van der Waals surface area contributed by atoms with Gasteiger partial charge in [-0.05, 0) is 60.0 Å². The lowest BCUT2D eigenvalue weighted by Crippen LogP contribution is -2.08. The van der Waals surface area contributed by atoms with Crippen LogP contribution in [0.4, 0.5) is 0 Å². The zero-order chi connectivity index (χ0) is 23.0. The fraction of sp³-hybridized carbons (Fsp3) is 0.138. The first-order chi connectivity index (χ1) is 16.1. The van der Waals surface area contributed by atoms with Gasteiger partial charge in [0.15, 0.2) is 0 Å². The van der Waals surface area contributed by atoms with Gasteiger partial charge in [-0.25, -0.2) is 0 Å². The molecule has 4 aromatic carbocycles. The summed E-state index contributed by atoms with van der Waals surface area (Å²) in [5, 5.41) is 9.41. The van der Waals surface area contributed by atoms with Crippen molar-refractivity contribution in [3.05, 3.63) is 125 Å². The Kier molecular flexibility index (Phi) is 7.06. The Morgan fingerprint density at radius 1 is 0.758 bits per heavy atom. The van der Waals surface area contributed by atoms with Gasteiger partial charge in [0.25, 0.3) is 0 Å². The molecule has 4 rings (SSSR count). The molecule has 0 radical (unpaired) electrons. The summed E-state index contributed by atoms with van der Waals surface area (Å²) in [4.78, 5) is 11.5. The molecule has 0 aliphatic carbocycles. The maximum absolute atomic E-state index is 11.5. The van der Waals surface area contributed by atoms with Gasteiger partial charge in [0, 0.05) is 5.92 Å². The van der Waals surface area contributed by atoms with E-state index in [-0.39, 0.29) is 12.3 Å². The van der Waals surface area contributed by atoms with E-state index >= 15 is 0 Å². The van der Waals surface area contributed by atoms with Gasteiger partial charge in [0.05, 0.1) is 6.42 Å². The lowest BCUT2D eigenvalue weighted by molar-refractivity contribution is -0.137. The molecule has 4 aromatic rings. The quantitative estimate of drug-likeness (QED) is 0.306. The van der Waals surface area contributed by atoms with Crippen LogP contribution in [0.5, 0.6) is 17.2 Å². The van der Waals surface area contributed by atoms with E-state index in [2.05, 4.69) is 0 Å². The molecule has 4 nitrogen and oxygen atoms in total. The summed E-state index contributed by atoms with van der Waals surface area (Å²) in [6.07, 6.45) is 0.0392. The second-order valence-corrected chi connectivity index (χ2v) is 7.98. The Labute approximate surface area is 194 Å². The molecule has 0 aliphatic rings. The van der Waals surface area contributed by atoms with E-state index < -0.39 is 5.97 Å². The summed E-state index contributed by atoms with van der Waals surface area (Å²) >= 11 is 0. The van der Waals surface area contributed by atoms with Crippen molar-refractivity contribution in [2.45, 2.75) is 25.9 Å². The molecule has 0 aromatic heterocycles. The van der Waals surface area contributed by atoms with Crippen LogP contribution in [0.1, 0.15) is 34.6 Å². The van der Waals surface area contributed by atoms with Crippen molar-refractivity contribution in [2.24, 2.45) is 0 Å². The number of carboxylic acid groups (broad SMARTS) is 1. The number of aryl methyl sites for hydroxylation is 1. The third-order valence-electron chi connectivity index (χ3n) is 5.42. The fourth-order valence-corrected chi connectivity index (χ4v) is 3.69. The van der Waals surface area contributed by atoms with Crippen LogP contribution < -0.4 is 9.47 Å². The molecular formula is C29H26O4. The highest BCUT2D eigenvalue weighted by molar-refractivity contribution is 5.69. The maximum Gasteiger partial charge on any atom is 0.304 e. The van der Waals surface area contributed by atoms with E-state index in [1.165, 1.54) is 0 Å². The molecule has 0 saturated carbocycles. The van der Waals surface area contributed by atoms with Crippen LogP contribution in [0.3, 0.4) is 0 Å². The van der Waals surface area contributed by atoms with Crippen LogP contribution >= 0.6 is 0 Å². The molecule has 1 unspecified atom stereocenters. The Balaban J connectivity index is 1.42. The van der Waals surface area contributed by atoms with Crippen molar-refractivity contribution in [1.29, 1.82) is 0 Å². The van der Waals surface area contributed by atoms with E-state index in [0.29, 0.717) is 6.61 Å². The first-order valence-electron chi connectivity index (χ1n) is 10.9. The van der Waals surface area contributed by atoms with Crippen LogP contribution in [0.15, 0.2) is 103 Å². The second-order valence-electron chi connectivity index (χ2n) is 7.98. The number of para-hydroxylation sites is 1. The number of benzene rings is 4. The molecular weight excluding hydrogens is 412 g/mol. The summed E-state index contributed by atoms with van der Waals surface area (Å²) in [5.74, 6) is 1.25. The summed E-state index contributed by atoms with van der Waals surface area (Å²) in [6.45, 7) is 2.42. The SMILES string of the molecule is Cc1ccc(C(CC(=O)O)c2ccc(OCc3cccc(Oc4ccccc4)c3)cc2)cc1. The van der Waals surface area contributed by atoms with E-state index in [1.807, 2.05) is 110 Å². The average molecular weight is 439 g/mol. The van der Waals surface area contributed by atoms with Crippen LogP contribution in [-0.4, -0.2) is 11.1 Å². The molecule has 0 heterocycles. The van der Waals surface area contributed by atoms with Crippen LogP contribution in [0, 0.1) is 6.92 Å². The number of hydrogen-bond donors (Lipinski definition) is 1. The van der Waals surface area contributed by atoms with Gasteiger partial charge in [-0.15, -0.1) is 0 Å². The third-order valence-corrected chi connectivity index (χ3v) is 5.42. The Hall–Kier alpha value is -4.05. The van der Waals surface area contributed by atoms with Crippen molar-refractivity contribution < 1.29 is 19.4 Å². The summed E-state index contributed by atoms with van der Waals surface area (Å²) in [7, 11) is 0. The minimum atomic E-state index is -0.821. The van der Waals surface area contributed by atoms with Crippen molar-refractivity contribution in [3.8, 4) is 17.2 Å². The Bertz CT molecular complexity index is 1180. The maximum atomic E-state index is 11.5. The topological polar surface area (TPSA) is 55.8 Å². The van der Waals surface area contributed by atoms with Crippen LogP contribution in [0.2, 0.25) is 0 Å². The highest BCUT2D eigenvalue weighted by atomic mass is 16.5. The van der Waals surface area contributed by atoms with Crippen molar-refractivity contribution in [3.63, 3.8) is 0 Å². The lowest BCUT2D eigenvalue weighted by Gasteiger charge is -2.17. The molecule has 166 valence electrons. The fourth-order valence-electron chi connectivity index (χ4n) is 3.69. The predicted molar refractivity (Wildman–Crippen MR) is 129 cm³/mol. The third kappa shape index (κ3) is 6.23. The molecule has 33 heavy (non-hydrogen) atoms. The number of hydrogen-bond acceptors (Lipinski definition) is 3. The highest BCUT2D eigenvalue weighted by Crippen LogP contribution is 2.30. The first-order valence-corrected chi connectivity index (χ1v) is 10.9. The number of rotatable bonds is 9. The zero-order valence-electron chi connectivity index (χ0n) is 18.5. The summed E-state index contributed by atoms with van der Waals surface area (Å²) in [5.41, 5.74) is 4.09. The molecule has 0 aliphatic heterocycles. The van der Waals surface area contributed by atoms with Gasteiger partial charge in [0.2, 0.25) is 0 Å². The molecule has 0 saturated heterocycles. The molecule has 4 heteroatoms. The van der Waals surface area contributed by atoms with Crippen molar-refractivity contribution in [2.75, 3.05) is 0 Å². The van der Waals surface area contributed by atoms with Crippen LogP contribution in [-0.2, 0) is 11.4 Å². The van der Waals surface area contributed by atoms with Gasteiger partial charge in [-0.1, -0.05) is 72.3 Å². The van der Waals surface area contributed by atoms with Crippen LogP contribution in [0.25, 0.3) is 0 Å². The van der Waals surface area contributed by atoms with Gasteiger partial charge >= 0.3 is 5.97 Å². The zero-order valence-corrected chi connectivity index (χ0v) is 18.5. The molecule has 1 N–H and O–H groups in total. The molecule has 0 spiro atoms. The molecule has 0 amide bonds. The standard InChI is InChI=1S/C29H26O4/c1-21-10-12-23(13-11-21)28(19-29(30)31)24-14-16-25(17-15-24)32-20-22-6-5-9-27(18-22)33-26-7-3-2-4-8-26/h2-18,28H,19-20H2,1H3,(H,30,31). The second kappa shape index (κ2) is 10.5. The average Bonchev–Trinajstić information content (AvgIpc) is 2.83. The number of carboxylic acids is 1. The van der Waals surface area contributed by atoms with E-state index in [1.54, 1.807) is 0 Å². The summed E-state index contributed by atoms with van der Waals surface area (Å²) in [6, 6.07) is 33.2. The first kappa shape index (κ1) is 22.2. The van der Waals surface area contributed by atoms with Gasteiger partial charge in [0.1, 0.15) is 23.9 Å². The highest BCUT2D eigenvalue weighted by Gasteiger charge is 2.18. The van der Waals surface area contributed by atoms with E-state index in [9.17, 15) is 9.90 Å². The molecule has 0 fully saturated rings. The Morgan fingerprint density at radius 2 is 1.39 bits per heavy atom. The lowest BCUT2D eigenvalue weighted by atomic mass is 9.88. The predicted octanol–water partition coefficient (Wildman–Crippen LogP) is 6.97. The number of ether oxygens (including phenoxy) is 2. The van der Waals surface area contributed by atoms with E-state index in [0.717, 1.165) is 39.5 Å². The van der Waals surface area contributed by atoms with Crippen molar-refractivity contribution >= 4 is 5.97 Å². The number of carbonyl (C=O) groups is 1. The normalized spacial score (nSPS) is 11.5. The van der Waals surface area contributed by atoms with Gasteiger partial charge in [-0.3, -0.25) is 4.79 Å². The monoisotopic (exact) mass is 438 g/mol. The van der Waals surface area contributed by atoms with Crippen molar-refractivity contribution in [1.82, 2.24) is 0 Å². The van der Waals surface area contributed by atoms with Gasteiger partial charge in [-0.2, -0.15) is 0 Å². The molecule has 0 bridgehead atoms.